The third kappa shape index (κ3) is 7.40. The van der Waals surface area contributed by atoms with E-state index in [9.17, 15) is 4.79 Å². The summed E-state index contributed by atoms with van der Waals surface area (Å²) in [6, 6.07) is 0. The van der Waals surface area contributed by atoms with Crippen LogP contribution in [0, 0.1) is 5.92 Å². The SMILES string of the molecule is COC(=O)CCCCCCCCC1CC1. The quantitative estimate of drug-likeness (QED) is 0.430. The number of hydrogen-bond donors (Lipinski definition) is 0. The summed E-state index contributed by atoms with van der Waals surface area (Å²) in [7, 11) is 1.46. The monoisotopic (exact) mass is 212 g/mol. The van der Waals surface area contributed by atoms with Gasteiger partial charge in [0, 0.05) is 6.42 Å². The van der Waals surface area contributed by atoms with Gasteiger partial charge in [-0.25, -0.2) is 0 Å². The minimum atomic E-state index is -0.0660. The molecule has 0 aromatic rings. The second kappa shape index (κ2) is 7.72. The Morgan fingerprint density at radius 1 is 1.07 bits per heavy atom. The number of carbonyl (C=O) groups excluding carboxylic acids is 1. The van der Waals surface area contributed by atoms with Crippen LogP contribution in [0.3, 0.4) is 0 Å². The van der Waals surface area contributed by atoms with E-state index in [1.807, 2.05) is 0 Å². The van der Waals surface area contributed by atoms with Crippen molar-refractivity contribution in [1.82, 2.24) is 0 Å². The lowest BCUT2D eigenvalue weighted by atomic mass is 10.1. The molecule has 1 aliphatic rings. The van der Waals surface area contributed by atoms with Gasteiger partial charge >= 0.3 is 5.97 Å². The average molecular weight is 212 g/mol. The summed E-state index contributed by atoms with van der Waals surface area (Å²) < 4.78 is 4.59. The Morgan fingerprint density at radius 2 is 1.67 bits per heavy atom. The maximum absolute atomic E-state index is 10.8. The van der Waals surface area contributed by atoms with Crippen LogP contribution >= 0.6 is 0 Å². The zero-order chi connectivity index (χ0) is 10.9. The van der Waals surface area contributed by atoms with Crippen LogP contribution < -0.4 is 0 Å². The van der Waals surface area contributed by atoms with E-state index in [1.54, 1.807) is 0 Å². The van der Waals surface area contributed by atoms with Crippen LogP contribution in [0.15, 0.2) is 0 Å². The molecule has 2 heteroatoms. The summed E-state index contributed by atoms with van der Waals surface area (Å²) in [5, 5.41) is 0. The molecule has 0 amide bonds. The smallest absolute Gasteiger partial charge is 0.305 e. The van der Waals surface area contributed by atoms with Crippen molar-refractivity contribution < 1.29 is 9.53 Å². The van der Waals surface area contributed by atoms with Gasteiger partial charge in [-0.05, 0) is 12.3 Å². The van der Waals surface area contributed by atoms with Gasteiger partial charge in [-0.1, -0.05) is 51.4 Å². The summed E-state index contributed by atoms with van der Waals surface area (Å²) in [4.78, 5) is 10.8. The van der Waals surface area contributed by atoms with E-state index in [4.69, 9.17) is 0 Å². The molecule has 0 heterocycles. The van der Waals surface area contributed by atoms with Crippen molar-refractivity contribution in [3.8, 4) is 0 Å². The van der Waals surface area contributed by atoms with Crippen molar-refractivity contribution in [3.63, 3.8) is 0 Å². The molecule has 0 bridgehead atoms. The number of rotatable bonds is 9. The molecule has 0 unspecified atom stereocenters. The van der Waals surface area contributed by atoms with E-state index in [0.717, 1.165) is 12.3 Å². The number of hydrogen-bond acceptors (Lipinski definition) is 2. The fourth-order valence-corrected chi connectivity index (χ4v) is 1.92. The fourth-order valence-electron chi connectivity index (χ4n) is 1.92. The first-order valence-corrected chi connectivity index (χ1v) is 6.39. The van der Waals surface area contributed by atoms with Crippen molar-refractivity contribution in [1.29, 1.82) is 0 Å². The van der Waals surface area contributed by atoms with Crippen LogP contribution in [-0.4, -0.2) is 13.1 Å². The molecule has 0 aliphatic heterocycles. The fraction of sp³-hybridized carbons (Fsp3) is 0.923. The Hall–Kier alpha value is -0.530. The highest BCUT2D eigenvalue weighted by Gasteiger charge is 2.19. The Bertz CT molecular complexity index is 173. The van der Waals surface area contributed by atoms with Gasteiger partial charge in [0.2, 0.25) is 0 Å². The summed E-state index contributed by atoms with van der Waals surface area (Å²) in [6.45, 7) is 0. The van der Waals surface area contributed by atoms with E-state index < -0.39 is 0 Å². The first-order chi connectivity index (χ1) is 7.33. The third-order valence-electron chi connectivity index (χ3n) is 3.17. The highest BCUT2D eigenvalue weighted by Crippen LogP contribution is 2.34. The molecule has 2 nitrogen and oxygen atoms in total. The van der Waals surface area contributed by atoms with Gasteiger partial charge in [-0.3, -0.25) is 4.79 Å². The molecule has 0 atom stereocenters. The number of methoxy groups -OCH3 is 1. The van der Waals surface area contributed by atoms with Gasteiger partial charge in [0.15, 0.2) is 0 Å². The molecule has 88 valence electrons. The van der Waals surface area contributed by atoms with Crippen molar-refractivity contribution in [3.05, 3.63) is 0 Å². The lowest BCUT2D eigenvalue weighted by Gasteiger charge is -2.01. The second-order valence-electron chi connectivity index (χ2n) is 4.68. The maximum Gasteiger partial charge on any atom is 0.305 e. The molecule has 0 N–H and O–H groups in total. The van der Waals surface area contributed by atoms with E-state index in [1.165, 1.54) is 58.5 Å². The molecule has 0 aromatic heterocycles. The van der Waals surface area contributed by atoms with E-state index >= 15 is 0 Å². The van der Waals surface area contributed by atoms with Crippen LogP contribution in [-0.2, 0) is 9.53 Å². The summed E-state index contributed by atoms with van der Waals surface area (Å²) in [5.41, 5.74) is 0. The standard InChI is InChI=1S/C13H24O2/c1-15-13(14)9-7-5-3-2-4-6-8-12-10-11-12/h12H,2-11H2,1H3. The molecule has 1 fully saturated rings. The van der Waals surface area contributed by atoms with Crippen LogP contribution in [0.4, 0.5) is 0 Å². The second-order valence-corrected chi connectivity index (χ2v) is 4.68. The summed E-state index contributed by atoms with van der Waals surface area (Å²) >= 11 is 0. The third-order valence-corrected chi connectivity index (χ3v) is 3.17. The minimum absolute atomic E-state index is 0.0660. The molecule has 0 radical (unpaired) electrons. The zero-order valence-electron chi connectivity index (χ0n) is 9.96. The van der Waals surface area contributed by atoms with Gasteiger partial charge < -0.3 is 4.74 Å². The van der Waals surface area contributed by atoms with Gasteiger partial charge in [0.25, 0.3) is 0 Å². The Kier molecular flexibility index (Phi) is 6.45. The molecular weight excluding hydrogens is 188 g/mol. The van der Waals surface area contributed by atoms with Gasteiger partial charge in [0.1, 0.15) is 0 Å². The van der Waals surface area contributed by atoms with Crippen molar-refractivity contribution >= 4 is 5.97 Å². The predicted octanol–water partition coefficient (Wildman–Crippen LogP) is 3.69. The van der Waals surface area contributed by atoms with Crippen LogP contribution in [0.5, 0.6) is 0 Å². The van der Waals surface area contributed by atoms with E-state index in [2.05, 4.69) is 4.74 Å². The lowest BCUT2D eigenvalue weighted by Crippen LogP contribution is -1.99. The van der Waals surface area contributed by atoms with Crippen LogP contribution in [0.2, 0.25) is 0 Å². The zero-order valence-corrected chi connectivity index (χ0v) is 9.96. The topological polar surface area (TPSA) is 26.3 Å². The number of carbonyl (C=O) groups is 1. The predicted molar refractivity (Wildman–Crippen MR) is 61.7 cm³/mol. The molecule has 15 heavy (non-hydrogen) atoms. The molecule has 0 saturated heterocycles. The largest absolute Gasteiger partial charge is 0.469 e. The van der Waals surface area contributed by atoms with E-state index in [0.29, 0.717) is 6.42 Å². The van der Waals surface area contributed by atoms with Gasteiger partial charge in [0.05, 0.1) is 7.11 Å². The van der Waals surface area contributed by atoms with Crippen LogP contribution in [0.25, 0.3) is 0 Å². The lowest BCUT2D eigenvalue weighted by molar-refractivity contribution is -0.140. The molecular formula is C13H24O2. The normalized spacial score (nSPS) is 15.3. The Balaban J connectivity index is 1.70. The number of unbranched alkanes of at least 4 members (excludes halogenated alkanes) is 5. The van der Waals surface area contributed by atoms with Gasteiger partial charge in [-0.15, -0.1) is 0 Å². The average Bonchev–Trinajstić information content (AvgIpc) is 3.05. The first kappa shape index (κ1) is 12.5. The number of esters is 1. The highest BCUT2D eigenvalue weighted by atomic mass is 16.5. The summed E-state index contributed by atoms with van der Waals surface area (Å²) in [5.74, 6) is 1.02. The Labute approximate surface area is 93.4 Å². The summed E-state index contributed by atoms with van der Waals surface area (Å²) in [6.07, 6.45) is 12.6. The number of ether oxygens (including phenoxy) is 1. The molecule has 0 aromatic carbocycles. The molecule has 0 spiro atoms. The molecule has 1 rings (SSSR count). The first-order valence-electron chi connectivity index (χ1n) is 6.39. The Morgan fingerprint density at radius 3 is 2.27 bits per heavy atom. The maximum atomic E-state index is 10.8. The van der Waals surface area contributed by atoms with Gasteiger partial charge in [-0.2, -0.15) is 0 Å². The molecule has 1 saturated carbocycles. The van der Waals surface area contributed by atoms with Crippen molar-refractivity contribution in [2.24, 2.45) is 5.92 Å². The van der Waals surface area contributed by atoms with Crippen molar-refractivity contribution in [2.45, 2.75) is 64.2 Å². The van der Waals surface area contributed by atoms with Crippen molar-refractivity contribution in [2.75, 3.05) is 7.11 Å². The highest BCUT2D eigenvalue weighted by molar-refractivity contribution is 5.68. The minimum Gasteiger partial charge on any atom is -0.469 e. The van der Waals surface area contributed by atoms with Crippen LogP contribution in [0.1, 0.15) is 64.2 Å². The van der Waals surface area contributed by atoms with E-state index in [-0.39, 0.29) is 5.97 Å². The molecule has 1 aliphatic carbocycles.